The number of nitrogens with one attached hydrogen (secondary N) is 1. The van der Waals surface area contributed by atoms with E-state index in [2.05, 4.69) is 29.4 Å². The van der Waals surface area contributed by atoms with Crippen LogP contribution in [0, 0.1) is 0 Å². The average Bonchev–Trinajstić information content (AvgIpc) is 2.74. The number of anilines is 1. The van der Waals surface area contributed by atoms with Gasteiger partial charge in [0.1, 0.15) is 11.6 Å². The predicted molar refractivity (Wildman–Crippen MR) is 67.9 cm³/mol. The Bertz CT molecular complexity index is 278. The van der Waals surface area contributed by atoms with Crippen LogP contribution in [0.15, 0.2) is 0 Å². The maximum atomic E-state index is 5.52. The van der Waals surface area contributed by atoms with E-state index < -0.39 is 0 Å². The van der Waals surface area contributed by atoms with Crippen molar-refractivity contribution in [2.24, 2.45) is 0 Å². The van der Waals surface area contributed by atoms with E-state index in [0.717, 1.165) is 36.1 Å². The van der Waals surface area contributed by atoms with E-state index in [-0.39, 0.29) is 0 Å². The van der Waals surface area contributed by atoms with Crippen LogP contribution in [0.2, 0.25) is 0 Å². The molecule has 1 N–H and O–H groups in total. The number of unbranched alkanes of at least 4 members (excludes halogenated alkanes) is 2. The molecule has 0 saturated heterocycles. The third-order valence-electron chi connectivity index (χ3n) is 2.11. The molecule has 5 heteroatoms. The van der Waals surface area contributed by atoms with Crippen molar-refractivity contribution in [2.75, 3.05) is 18.5 Å². The molecule has 1 rings (SSSR count). The predicted octanol–water partition coefficient (Wildman–Crippen LogP) is 3.07. The lowest BCUT2D eigenvalue weighted by atomic mass is 10.3. The van der Waals surface area contributed by atoms with Crippen molar-refractivity contribution in [1.29, 1.82) is 0 Å². The summed E-state index contributed by atoms with van der Waals surface area (Å²) in [6.07, 6.45) is 4.70. The summed E-state index contributed by atoms with van der Waals surface area (Å²) in [7, 11) is 0. The maximum absolute atomic E-state index is 5.52. The van der Waals surface area contributed by atoms with Gasteiger partial charge in [-0.2, -0.15) is 0 Å². The van der Waals surface area contributed by atoms with Gasteiger partial charge in [-0.3, -0.25) is 0 Å². The van der Waals surface area contributed by atoms with Crippen molar-refractivity contribution in [1.82, 2.24) is 10.2 Å². The normalized spacial score (nSPS) is 10.6. The van der Waals surface area contributed by atoms with Crippen LogP contribution in [0.25, 0.3) is 0 Å². The van der Waals surface area contributed by atoms with Crippen molar-refractivity contribution < 1.29 is 4.74 Å². The lowest BCUT2D eigenvalue weighted by molar-refractivity contribution is 0.116. The van der Waals surface area contributed by atoms with Gasteiger partial charge < -0.3 is 10.1 Å². The quantitative estimate of drug-likeness (QED) is 0.677. The number of ether oxygens (including phenoxy) is 1. The second kappa shape index (κ2) is 8.47. The van der Waals surface area contributed by atoms with Gasteiger partial charge in [0.05, 0.1) is 0 Å². The molecule has 0 atom stereocenters. The van der Waals surface area contributed by atoms with E-state index in [1.165, 1.54) is 12.8 Å². The number of rotatable bonds is 9. The van der Waals surface area contributed by atoms with E-state index in [9.17, 15) is 0 Å². The summed E-state index contributed by atoms with van der Waals surface area (Å²) in [5.74, 6) is 0. The summed E-state index contributed by atoms with van der Waals surface area (Å²) in [4.78, 5) is 0. The minimum atomic E-state index is 0.592. The van der Waals surface area contributed by atoms with Gasteiger partial charge in [0.25, 0.3) is 0 Å². The molecule has 0 bridgehead atoms. The van der Waals surface area contributed by atoms with E-state index in [1.807, 2.05) is 0 Å². The highest BCUT2D eigenvalue weighted by Gasteiger charge is 2.02. The second-order valence-electron chi connectivity index (χ2n) is 3.69. The van der Waals surface area contributed by atoms with Crippen LogP contribution >= 0.6 is 11.3 Å². The summed E-state index contributed by atoms with van der Waals surface area (Å²) < 4.78 is 5.52. The van der Waals surface area contributed by atoms with Gasteiger partial charge in [-0.05, 0) is 12.8 Å². The standard InChI is InChI=1S/C11H21N3OS/c1-3-5-6-8-15-9-10-13-14-11(16-10)12-7-4-2/h3-9H2,1-2H3,(H,12,14). The monoisotopic (exact) mass is 243 g/mol. The van der Waals surface area contributed by atoms with Crippen LogP contribution in [0.3, 0.4) is 0 Å². The summed E-state index contributed by atoms with van der Waals surface area (Å²) in [5, 5.41) is 13.2. The largest absolute Gasteiger partial charge is 0.374 e. The molecule has 4 nitrogen and oxygen atoms in total. The molecule has 1 aromatic rings. The molecule has 92 valence electrons. The maximum Gasteiger partial charge on any atom is 0.205 e. The van der Waals surface area contributed by atoms with Crippen LogP contribution in [0.1, 0.15) is 44.5 Å². The Hall–Kier alpha value is -0.680. The Morgan fingerprint density at radius 3 is 2.81 bits per heavy atom. The Kier molecular flexibility index (Phi) is 7.09. The van der Waals surface area contributed by atoms with E-state index >= 15 is 0 Å². The first-order chi connectivity index (χ1) is 7.86. The highest BCUT2D eigenvalue weighted by molar-refractivity contribution is 7.15. The number of hydrogen-bond donors (Lipinski definition) is 1. The zero-order chi connectivity index (χ0) is 11.6. The van der Waals surface area contributed by atoms with Crippen LogP contribution in [0.5, 0.6) is 0 Å². The molecule has 0 aliphatic carbocycles. The molecule has 0 saturated carbocycles. The topological polar surface area (TPSA) is 47.0 Å². The van der Waals surface area contributed by atoms with Crippen LogP contribution < -0.4 is 5.32 Å². The number of nitrogens with zero attached hydrogens (tertiary/aromatic N) is 2. The average molecular weight is 243 g/mol. The lowest BCUT2D eigenvalue weighted by Gasteiger charge is -1.99. The summed E-state index contributed by atoms with van der Waals surface area (Å²) in [6, 6.07) is 0. The molecule has 0 fully saturated rings. The van der Waals surface area contributed by atoms with Gasteiger partial charge >= 0.3 is 0 Å². The van der Waals surface area contributed by atoms with Crippen molar-refractivity contribution in [2.45, 2.75) is 46.1 Å². The zero-order valence-corrected chi connectivity index (χ0v) is 11.0. The molecule has 0 aliphatic heterocycles. The summed E-state index contributed by atoms with van der Waals surface area (Å²) in [5.41, 5.74) is 0. The zero-order valence-electron chi connectivity index (χ0n) is 10.2. The molecule has 0 radical (unpaired) electrons. The van der Waals surface area contributed by atoms with Gasteiger partial charge in [-0.1, -0.05) is 38.0 Å². The fraction of sp³-hybridized carbons (Fsp3) is 0.818. The van der Waals surface area contributed by atoms with Gasteiger partial charge in [-0.25, -0.2) is 0 Å². The molecule has 0 aliphatic rings. The van der Waals surface area contributed by atoms with Gasteiger partial charge in [0.2, 0.25) is 5.13 Å². The summed E-state index contributed by atoms with van der Waals surface area (Å²) >= 11 is 1.58. The van der Waals surface area contributed by atoms with Crippen molar-refractivity contribution in [3.63, 3.8) is 0 Å². The smallest absolute Gasteiger partial charge is 0.205 e. The minimum Gasteiger partial charge on any atom is -0.374 e. The second-order valence-corrected chi connectivity index (χ2v) is 4.75. The van der Waals surface area contributed by atoms with Crippen LogP contribution in [0.4, 0.5) is 5.13 Å². The molecule has 0 aromatic carbocycles. The first kappa shape index (κ1) is 13.4. The third kappa shape index (κ3) is 5.42. The van der Waals surface area contributed by atoms with E-state index in [1.54, 1.807) is 11.3 Å². The Labute approximate surface area is 101 Å². The molecule has 0 amide bonds. The minimum absolute atomic E-state index is 0.592. The number of aromatic nitrogens is 2. The Balaban J connectivity index is 2.14. The highest BCUT2D eigenvalue weighted by Crippen LogP contribution is 2.15. The first-order valence-corrected chi connectivity index (χ1v) is 6.82. The lowest BCUT2D eigenvalue weighted by Crippen LogP contribution is -1.98. The van der Waals surface area contributed by atoms with Gasteiger partial charge in [0, 0.05) is 13.2 Å². The van der Waals surface area contributed by atoms with E-state index in [0.29, 0.717) is 6.61 Å². The van der Waals surface area contributed by atoms with E-state index in [4.69, 9.17) is 4.74 Å². The molecule has 16 heavy (non-hydrogen) atoms. The molecule has 1 heterocycles. The fourth-order valence-electron chi connectivity index (χ4n) is 1.23. The first-order valence-electron chi connectivity index (χ1n) is 6.00. The van der Waals surface area contributed by atoms with Gasteiger partial charge in [-0.15, -0.1) is 10.2 Å². The molecule has 0 unspecified atom stereocenters. The number of hydrogen-bond acceptors (Lipinski definition) is 5. The highest BCUT2D eigenvalue weighted by atomic mass is 32.1. The summed E-state index contributed by atoms with van der Waals surface area (Å²) in [6.45, 7) is 6.69. The Morgan fingerprint density at radius 1 is 1.19 bits per heavy atom. The SMILES string of the molecule is CCCCCOCc1nnc(NCCC)s1. The molecular weight excluding hydrogens is 222 g/mol. The third-order valence-corrected chi connectivity index (χ3v) is 2.97. The van der Waals surface area contributed by atoms with Gasteiger partial charge in [0.15, 0.2) is 0 Å². The Morgan fingerprint density at radius 2 is 2.06 bits per heavy atom. The van der Waals surface area contributed by atoms with Crippen molar-refractivity contribution in [3.8, 4) is 0 Å². The van der Waals surface area contributed by atoms with Crippen LogP contribution in [-0.4, -0.2) is 23.3 Å². The fourth-order valence-corrected chi connectivity index (χ4v) is 1.93. The van der Waals surface area contributed by atoms with Crippen molar-refractivity contribution >= 4 is 16.5 Å². The molecule has 0 spiro atoms. The molecule has 1 aromatic heterocycles. The van der Waals surface area contributed by atoms with Crippen molar-refractivity contribution in [3.05, 3.63) is 5.01 Å². The molecular formula is C11H21N3OS. The van der Waals surface area contributed by atoms with Crippen LogP contribution in [-0.2, 0) is 11.3 Å².